The Morgan fingerprint density at radius 2 is 2.20 bits per heavy atom. The van der Waals surface area contributed by atoms with Crippen LogP contribution in [0.4, 0.5) is 5.69 Å². The minimum atomic E-state index is 0.869. The third-order valence-corrected chi connectivity index (χ3v) is 4.76. The number of para-hydroxylation sites is 1. The Bertz CT molecular complexity index is 667. The molecule has 0 amide bonds. The van der Waals surface area contributed by atoms with Gasteiger partial charge in [-0.1, -0.05) is 12.1 Å². The van der Waals surface area contributed by atoms with Gasteiger partial charge in [0.25, 0.3) is 0 Å². The van der Waals surface area contributed by atoms with Gasteiger partial charge < -0.3 is 9.64 Å². The van der Waals surface area contributed by atoms with Crippen molar-refractivity contribution in [2.75, 3.05) is 25.1 Å². The zero-order valence-electron chi connectivity index (χ0n) is 12.1. The summed E-state index contributed by atoms with van der Waals surface area (Å²) in [6, 6.07) is 8.44. The summed E-state index contributed by atoms with van der Waals surface area (Å²) in [4.78, 5) is 7.23. The average molecular weight is 268 g/mol. The van der Waals surface area contributed by atoms with Crippen molar-refractivity contribution < 1.29 is 4.74 Å². The number of methoxy groups -OCH3 is 1. The summed E-state index contributed by atoms with van der Waals surface area (Å²) < 4.78 is 5.47. The van der Waals surface area contributed by atoms with E-state index in [1.165, 1.54) is 37.0 Å². The summed E-state index contributed by atoms with van der Waals surface area (Å²) in [6.07, 6.45) is 2.78. The zero-order chi connectivity index (χ0) is 13.7. The maximum Gasteiger partial charge on any atom is 0.145 e. The van der Waals surface area contributed by atoms with Gasteiger partial charge in [-0.15, -0.1) is 0 Å². The number of hydrogen-bond donors (Lipinski definition) is 0. The summed E-state index contributed by atoms with van der Waals surface area (Å²) in [6.45, 7) is 4.45. The predicted octanol–water partition coefficient (Wildman–Crippen LogP) is 3.40. The maximum atomic E-state index is 5.47. The molecule has 1 saturated carbocycles. The highest BCUT2D eigenvalue weighted by molar-refractivity contribution is 5.95. The van der Waals surface area contributed by atoms with E-state index in [-0.39, 0.29) is 0 Å². The Kier molecular flexibility index (Phi) is 2.62. The molecule has 3 heteroatoms. The van der Waals surface area contributed by atoms with E-state index in [0.717, 1.165) is 28.8 Å². The van der Waals surface area contributed by atoms with E-state index in [0.29, 0.717) is 0 Å². The fourth-order valence-electron chi connectivity index (χ4n) is 3.56. The van der Waals surface area contributed by atoms with Crippen molar-refractivity contribution in [2.24, 2.45) is 11.8 Å². The third kappa shape index (κ3) is 1.84. The summed E-state index contributed by atoms with van der Waals surface area (Å²) in [5.41, 5.74) is 3.38. The number of anilines is 1. The van der Waals surface area contributed by atoms with Crippen molar-refractivity contribution in [3.8, 4) is 5.75 Å². The van der Waals surface area contributed by atoms with Gasteiger partial charge in [0.05, 0.1) is 7.11 Å². The molecule has 0 spiro atoms. The Morgan fingerprint density at radius 1 is 1.30 bits per heavy atom. The predicted molar refractivity (Wildman–Crippen MR) is 81.5 cm³/mol. The number of aryl methyl sites for hydroxylation is 1. The molecule has 3 nitrogen and oxygen atoms in total. The monoisotopic (exact) mass is 268 g/mol. The fraction of sp³-hybridized carbons (Fsp3) is 0.471. The number of aromatic nitrogens is 1. The molecule has 1 saturated heterocycles. The minimum Gasteiger partial charge on any atom is -0.494 e. The highest BCUT2D eigenvalue weighted by Crippen LogP contribution is 2.46. The van der Waals surface area contributed by atoms with Crippen LogP contribution in [0.5, 0.6) is 5.75 Å². The second-order valence-corrected chi connectivity index (χ2v) is 6.13. The van der Waals surface area contributed by atoms with Crippen LogP contribution in [0.25, 0.3) is 10.9 Å². The molecule has 1 aliphatic heterocycles. The first kappa shape index (κ1) is 12.0. The van der Waals surface area contributed by atoms with Gasteiger partial charge in [-0.3, -0.25) is 0 Å². The van der Waals surface area contributed by atoms with Gasteiger partial charge >= 0.3 is 0 Å². The second kappa shape index (κ2) is 4.37. The van der Waals surface area contributed by atoms with Gasteiger partial charge in [-0.25, -0.2) is 4.98 Å². The molecule has 0 N–H and O–H groups in total. The van der Waals surface area contributed by atoms with Crippen molar-refractivity contribution >= 4 is 16.6 Å². The SMILES string of the molecule is COc1cccc2c(N3CCC4CC4C3)cc(C)nc12. The Hall–Kier alpha value is -1.77. The highest BCUT2D eigenvalue weighted by Gasteiger charge is 2.41. The first-order valence-corrected chi connectivity index (χ1v) is 7.45. The zero-order valence-corrected chi connectivity index (χ0v) is 12.1. The minimum absolute atomic E-state index is 0.869. The van der Waals surface area contributed by atoms with Crippen molar-refractivity contribution in [3.05, 3.63) is 30.0 Å². The van der Waals surface area contributed by atoms with Crippen molar-refractivity contribution in [3.63, 3.8) is 0 Å². The van der Waals surface area contributed by atoms with Gasteiger partial charge in [0.15, 0.2) is 0 Å². The summed E-state index contributed by atoms with van der Waals surface area (Å²) in [5.74, 6) is 2.81. The summed E-state index contributed by atoms with van der Waals surface area (Å²) >= 11 is 0. The van der Waals surface area contributed by atoms with Gasteiger partial charge in [0.1, 0.15) is 11.3 Å². The van der Waals surface area contributed by atoms with E-state index < -0.39 is 0 Å². The lowest BCUT2D eigenvalue weighted by Gasteiger charge is -2.30. The molecule has 2 atom stereocenters. The van der Waals surface area contributed by atoms with Gasteiger partial charge in [0.2, 0.25) is 0 Å². The Labute approximate surface area is 119 Å². The van der Waals surface area contributed by atoms with E-state index in [1.54, 1.807) is 7.11 Å². The first-order chi connectivity index (χ1) is 9.76. The van der Waals surface area contributed by atoms with Crippen LogP contribution in [0.2, 0.25) is 0 Å². The molecule has 0 radical (unpaired) electrons. The van der Waals surface area contributed by atoms with Crippen molar-refractivity contribution in [2.45, 2.75) is 19.8 Å². The molecule has 104 valence electrons. The first-order valence-electron chi connectivity index (χ1n) is 7.45. The molecule has 2 aromatic rings. The fourth-order valence-corrected chi connectivity index (χ4v) is 3.56. The number of nitrogens with zero attached hydrogens (tertiary/aromatic N) is 2. The van der Waals surface area contributed by atoms with Crippen LogP contribution in [0.15, 0.2) is 24.3 Å². The molecule has 1 aromatic carbocycles. The number of hydrogen-bond acceptors (Lipinski definition) is 3. The van der Waals surface area contributed by atoms with E-state index in [9.17, 15) is 0 Å². The molecule has 1 aliphatic carbocycles. The summed E-state index contributed by atoms with van der Waals surface area (Å²) in [7, 11) is 1.72. The van der Waals surface area contributed by atoms with Crippen LogP contribution in [-0.2, 0) is 0 Å². The number of ether oxygens (including phenoxy) is 1. The number of piperidine rings is 1. The molecule has 4 rings (SSSR count). The molecule has 2 aliphatic rings. The standard InChI is InChI=1S/C17H20N2O/c1-11-8-15(19-7-6-12-9-13(12)10-19)14-4-3-5-16(20-2)17(14)18-11/h3-5,8,12-13H,6-7,9-10H2,1-2H3. The Morgan fingerprint density at radius 3 is 3.00 bits per heavy atom. The lowest BCUT2D eigenvalue weighted by molar-refractivity contribution is 0.419. The van der Waals surface area contributed by atoms with E-state index in [1.807, 2.05) is 6.07 Å². The van der Waals surface area contributed by atoms with Gasteiger partial charge in [0, 0.05) is 29.9 Å². The molecule has 2 fully saturated rings. The lowest BCUT2D eigenvalue weighted by atomic mass is 10.1. The molecule has 2 heterocycles. The van der Waals surface area contributed by atoms with Gasteiger partial charge in [-0.2, -0.15) is 0 Å². The van der Waals surface area contributed by atoms with Crippen molar-refractivity contribution in [1.29, 1.82) is 0 Å². The van der Waals surface area contributed by atoms with Crippen LogP contribution in [0.3, 0.4) is 0 Å². The smallest absolute Gasteiger partial charge is 0.145 e. The van der Waals surface area contributed by atoms with Crippen LogP contribution in [0, 0.1) is 18.8 Å². The number of pyridine rings is 1. The quantitative estimate of drug-likeness (QED) is 0.834. The Balaban J connectivity index is 1.85. The topological polar surface area (TPSA) is 25.4 Å². The van der Waals surface area contributed by atoms with E-state index in [2.05, 4.69) is 35.0 Å². The molecule has 2 unspecified atom stereocenters. The van der Waals surface area contributed by atoms with Crippen LogP contribution < -0.4 is 9.64 Å². The molecule has 20 heavy (non-hydrogen) atoms. The van der Waals surface area contributed by atoms with E-state index in [4.69, 9.17) is 4.74 Å². The lowest BCUT2D eigenvalue weighted by Crippen LogP contribution is -2.31. The third-order valence-electron chi connectivity index (χ3n) is 4.76. The number of rotatable bonds is 2. The van der Waals surface area contributed by atoms with Crippen LogP contribution >= 0.6 is 0 Å². The molecular weight excluding hydrogens is 248 g/mol. The molecule has 0 bridgehead atoms. The number of fused-ring (bicyclic) bond motifs is 2. The maximum absolute atomic E-state index is 5.47. The molecule has 1 aromatic heterocycles. The summed E-state index contributed by atoms with van der Waals surface area (Å²) in [5, 5.41) is 1.22. The van der Waals surface area contributed by atoms with Crippen LogP contribution in [0.1, 0.15) is 18.5 Å². The van der Waals surface area contributed by atoms with Gasteiger partial charge in [-0.05, 0) is 43.7 Å². The highest BCUT2D eigenvalue weighted by atomic mass is 16.5. The second-order valence-electron chi connectivity index (χ2n) is 6.13. The normalized spacial score (nSPS) is 24.6. The van der Waals surface area contributed by atoms with E-state index >= 15 is 0 Å². The average Bonchev–Trinajstić information content (AvgIpc) is 3.24. The van der Waals surface area contributed by atoms with Crippen LogP contribution in [-0.4, -0.2) is 25.2 Å². The molecular formula is C17H20N2O. The van der Waals surface area contributed by atoms with Crippen molar-refractivity contribution in [1.82, 2.24) is 4.98 Å². The number of benzene rings is 1. The largest absolute Gasteiger partial charge is 0.494 e.